The third kappa shape index (κ3) is 3.13. The van der Waals surface area contributed by atoms with Crippen LogP contribution in [0.15, 0.2) is 24.4 Å². The van der Waals surface area contributed by atoms with Gasteiger partial charge in [-0.25, -0.2) is 0 Å². The molecule has 1 unspecified atom stereocenters. The van der Waals surface area contributed by atoms with Gasteiger partial charge < -0.3 is 10.8 Å². The third-order valence-electron chi connectivity index (χ3n) is 2.08. The predicted molar refractivity (Wildman–Crippen MR) is 52.2 cm³/mol. The maximum Gasteiger partial charge on any atom is 0.0692 e. The molecule has 0 fully saturated rings. The first-order valence-corrected chi connectivity index (χ1v) is 4.57. The maximum atomic E-state index is 9.43. The summed E-state index contributed by atoms with van der Waals surface area (Å²) in [7, 11) is 0. The number of nitrogens with two attached hydrogens (primary N) is 1. The van der Waals surface area contributed by atoms with E-state index in [0.717, 1.165) is 5.69 Å². The minimum Gasteiger partial charge on any atom is -0.392 e. The Morgan fingerprint density at radius 1 is 1.54 bits per heavy atom. The SMILES string of the molecule is CCC(O)[C@H](N)Cc1ccccn1. The van der Waals surface area contributed by atoms with Crippen molar-refractivity contribution in [3.8, 4) is 0 Å². The lowest BCUT2D eigenvalue weighted by molar-refractivity contribution is 0.139. The van der Waals surface area contributed by atoms with Crippen LogP contribution >= 0.6 is 0 Å². The lowest BCUT2D eigenvalue weighted by Crippen LogP contribution is -2.36. The van der Waals surface area contributed by atoms with Gasteiger partial charge in [0.1, 0.15) is 0 Å². The molecule has 0 saturated carbocycles. The van der Waals surface area contributed by atoms with Crippen molar-refractivity contribution in [1.29, 1.82) is 0 Å². The van der Waals surface area contributed by atoms with Crippen LogP contribution in [-0.4, -0.2) is 22.2 Å². The van der Waals surface area contributed by atoms with Gasteiger partial charge in [-0.1, -0.05) is 13.0 Å². The van der Waals surface area contributed by atoms with E-state index in [0.29, 0.717) is 12.8 Å². The van der Waals surface area contributed by atoms with Gasteiger partial charge in [-0.05, 0) is 18.6 Å². The standard InChI is InChI=1S/C10H16N2O/c1-2-10(13)9(11)7-8-5-3-4-6-12-8/h3-6,9-10,13H,2,7,11H2,1H3/t9-,10?/m1/s1. The van der Waals surface area contributed by atoms with Crippen molar-refractivity contribution < 1.29 is 5.11 Å². The Labute approximate surface area is 78.6 Å². The van der Waals surface area contributed by atoms with Gasteiger partial charge in [0.25, 0.3) is 0 Å². The molecule has 3 nitrogen and oxygen atoms in total. The van der Waals surface area contributed by atoms with Crippen LogP contribution in [0.5, 0.6) is 0 Å². The van der Waals surface area contributed by atoms with E-state index in [1.165, 1.54) is 0 Å². The highest BCUT2D eigenvalue weighted by molar-refractivity contribution is 5.05. The van der Waals surface area contributed by atoms with Crippen LogP contribution in [0.25, 0.3) is 0 Å². The predicted octanol–water partition coefficient (Wildman–Crippen LogP) is 0.722. The lowest BCUT2D eigenvalue weighted by Gasteiger charge is -2.16. The second-order valence-electron chi connectivity index (χ2n) is 3.16. The van der Waals surface area contributed by atoms with Crippen LogP contribution in [0.3, 0.4) is 0 Å². The van der Waals surface area contributed by atoms with Crippen LogP contribution in [0.2, 0.25) is 0 Å². The van der Waals surface area contributed by atoms with Gasteiger partial charge in [0.2, 0.25) is 0 Å². The zero-order chi connectivity index (χ0) is 9.68. The van der Waals surface area contributed by atoms with E-state index in [2.05, 4.69) is 4.98 Å². The van der Waals surface area contributed by atoms with Gasteiger partial charge in [-0.2, -0.15) is 0 Å². The molecule has 3 heteroatoms. The maximum absolute atomic E-state index is 9.43. The van der Waals surface area contributed by atoms with Crippen LogP contribution in [-0.2, 0) is 6.42 Å². The van der Waals surface area contributed by atoms with Crippen molar-refractivity contribution >= 4 is 0 Å². The Hall–Kier alpha value is -0.930. The van der Waals surface area contributed by atoms with E-state index in [1.54, 1.807) is 6.20 Å². The second kappa shape index (κ2) is 4.94. The fourth-order valence-electron chi connectivity index (χ4n) is 1.20. The minimum atomic E-state index is -0.429. The molecule has 0 aliphatic carbocycles. The van der Waals surface area contributed by atoms with E-state index in [-0.39, 0.29) is 6.04 Å². The quantitative estimate of drug-likeness (QED) is 0.718. The number of nitrogens with zero attached hydrogens (tertiary/aromatic N) is 1. The number of hydrogen-bond acceptors (Lipinski definition) is 3. The number of aromatic nitrogens is 1. The van der Waals surface area contributed by atoms with Crippen LogP contribution in [0.1, 0.15) is 19.0 Å². The summed E-state index contributed by atoms with van der Waals surface area (Å²) in [6.45, 7) is 1.92. The average molecular weight is 180 g/mol. The number of pyridine rings is 1. The topological polar surface area (TPSA) is 59.1 Å². The molecule has 0 aliphatic rings. The highest BCUT2D eigenvalue weighted by Gasteiger charge is 2.12. The Morgan fingerprint density at radius 3 is 2.85 bits per heavy atom. The van der Waals surface area contributed by atoms with Crippen molar-refractivity contribution in [3.63, 3.8) is 0 Å². The normalized spacial score (nSPS) is 15.3. The monoisotopic (exact) mass is 180 g/mol. The number of aliphatic hydroxyl groups is 1. The van der Waals surface area contributed by atoms with Crippen molar-refractivity contribution in [2.75, 3.05) is 0 Å². The largest absolute Gasteiger partial charge is 0.392 e. The summed E-state index contributed by atoms with van der Waals surface area (Å²) in [6.07, 6.45) is 2.63. The van der Waals surface area contributed by atoms with Gasteiger partial charge in [-0.3, -0.25) is 4.98 Å². The Bertz CT molecular complexity index is 238. The summed E-state index contributed by atoms with van der Waals surface area (Å²) in [4.78, 5) is 4.14. The number of rotatable bonds is 4. The minimum absolute atomic E-state index is 0.208. The Morgan fingerprint density at radius 2 is 2.31 bits per heavy atom. The zero-order valence-electron chi connectivity index (χ0n) is 7.85. The first kappa shape index (κ1) is 10.2. The molecule has 0 radical (unpaired) electrons. The second-order valence-corrected chi connectivity index (χ2v) is 3.16. The summed E-state index contributed by atoms with van der Waals surface area (Å²) in [5.41, 5.74) is 6.70. The lowest BCUT2D eigenvalue weighted by atomic mass is 10.0. The zero-order valence-corrected chi connectivity index (χ0v) is 7.85. The van der Waals surface area contributed by atoms with Gasteiger partial charge in [0.05, 0.1) is 6.10 Å². The van der Waals surface area contributed by atoms with E-state index in [1.807, 2.05) is 25.1 Å². The Balaban J connectivity index is 2.50. The van der Waals surface area contributed by atoms with Gasteiger partial charge in [0, 0.05) is 24.4 Å². The van der Waals surface area contributed by atoms with Gasteiger partial charge in [-0.15, -0.1) is 0 Å². The third-order valence-corrected chi connectivity index (χ3v) is 2.08. The molecule has 72 valence electrons. The summed E-state index contributed by atoms with van der Waals surface area (Å²) >= 11 is 0. The molecular weight excluding hydrogens is 164 g/mol. The van der Waals surface area contributed by atoms with Crippen LogP contribution < -0.4 is 5.73 Å². The summed E-state index contributed by atoms with van der Waals surface area (Å²) < 4.78 is 0. The van der Waals surface area contributed by atoms with E-state index < -0.39 is 6.10 Å². The first-order chi connectivity index (χ1) is 6.24. The molecule has 0 saturated heterocycles. The molecule has 0 aliphatic heterocycles. The van der Waals surface area contributed by atoms with Crippen molar-refractivity contribution in [2.24, 2.45) is 5.73 Å². The molecule has 1 rings (SSSR count). The fraction of sp³-hybridized carbons (Fsp3) is 0.500. The van der Waals surface area contributed by atoms with Gasteiger partial charge in [0.15, 0.2) is 0 Å². The molecule has 2 atom stereocenters. The summed E-state index contributed by atoms with van der Waals surface area (Å²) in [5, 5.41) is 9.43. The molecule has 3 N–H and O–H groups in total. The highest BCUT2D eigenvalue weighted by atomic mass is 16.3. The number of hydrogen-bond donors (Lipinski definition) is 2. The molecule has 13 heavy (non-hydrogen) atoms. The first-order valence-electron chi connectivity index (χ1n) is 4.57. The molecular formula is C10H16N2O. The highest BCUT2D eigenvalue weighted by Crippen LogP contribution is 2.03. The van der Waals surface area contributed by atoms with Crippen LogP contribution in [0, 0.1) is 0 Å². The van der Waals surface area contributed by atoms with E-state index in [9.17, 15) is 5.11 Å². The van der Waals surface area contributed by atoms with Crippen LogP contribution in [0.4, 0.5) is 0 Å². The van der Waals surface area contributed by atoms with Crippen molar-refractivity contribution in [1.82, 2.24) is 4.98 Å². The molecule has 1 aromatic heterocycles. The van der Waals surface area contributed by atoms with E-state index >= 15 is 0 Å². The molecule has 0 aromatic carbocycles. The average Bonchev–Trinajstić information content (AvgIpc) is 2.18. The smallest absolute Gasteiger partial charge is 0.0692 e. The molecule has 1 heterocycles. The summed E-state index contributed by atoms with van der Waals surface area (Å²) in [6, 6.07) is 5.50. The molecule has 0 amide bonds. The Kier molecular flexibility index (Phi) is 3.86. The molecule has 1 aromatic rings. The molecule has 0 bridgehead atoms. The van der Waals surface area contributed by atoms with Crippen molar-refractivity contribution in [2.45, 2.75) is 31.9 Å². The fourth-order valence-corrected chi connectivity index (χ4v) is 1.20. The molecule has 0 spiro atoms. The van der Waals surface area contributed by atoms with Gasteiger partial charge >= 0.3 is 0 Å². The van der Waals surface area contributed by atoms with Crippen molar-refractivity contribution in [3.05, 3.63) is 30.1 Å². The number of aliphatic hydroxyl groups excluding tert-OH is 1. The van der Waals surface area contributed by atoms with E-state index in [4.69, 9.17) is 5.73 Å². The summed E-state index contributed by atoms with van der Waals surface area (Å²) in [5.74, 6) is 0.